The van der Waals surface area contributed by atoms with Crippen LogP contribution in [-0.2, 0) is 7.05 Å². The number of hydrogen-bond acceptors (Lipinski definition) is 4. The summed E-state index contributed by atoms with van der Waals surface area (Å²) in [7, 11) is 3.32. The highest BCUT2D eigenvalue weighted by molar-refractivity contribution is 7.99. The molecule has 5 nitrogen and oxygen atoms in total. The monoisotopic (exact) mass is 365 g/mol. The predicted octanol–water partition coefficient (Wildman–Crippen LogP) is 3.40. The van der Waals surface area contributed by atoms with Gasteiger partial charge in [0.1, 0.15) is 5.56 Å². The van der Waals surface area contributed by atoms with Gasteiger partial charge < -0.3 is 9.64 Å². The van der Waals surface area contributed by atoms with Gasteiger partial charge in [-0.1, -0.05) is 29.8 Å². The number of benzene rings is 1. The van der Waals surface area contributed by atoms with Crippen LogP contribution in [0.5, 0.6) is 5.88 Å². The fourth-order valence-corrected chi connectivity index (χ4v) is 4.49. The lowest BCUT2D eigenvalue weighted by Crippen LogP contribution is -2.33. The summed E-state index contributed by atoms with van der Waals surface area (Å²) in [6, 6.07) is 7.95. The van der Waals surface area contributed by atoms with Gasteiger partial charge in [0.15, 0.2) is 0 Å². The zero-order chi connectivity index (χ0) is 17.1. The number of hydrogen-bond donors (Lipinski definition) is 0. The molecule has 1 unspecified atom stereocenters. The molecule has 1 aliphatic heterocycles. The molecule has 2 heterocycles. The Morgan fingerprint density at radius 3 is 2.92 bits per heavy atom. The van der Waals surface area contributed by atoms with Crippen molar-refractivity contribution in [2.24, 2.45) is 7.05 Å². The molecule has 1 aromatic heterocycles. The topological polar surface area (TPSA) is 47.4 Å². The van der Waals surface area contributed by atoms with E-state index in [4.69, 9.17) is 16.3 Å². The minimum absolute atomic E-state index is 0.0274. The number of halogens is 1. The van der Waals surface area contributed by atoms with E-state index in [-0.39, 0.29) is 5.91 Å². The normalized spacial score (nSPS) is 18.3. The highest BCUT2D eigenvalue weighted by Crippen LogP contribution is 2.38. The lowest BCUT2D eigenvalue weighted by Gasteiger charge is -2.20. The van der Waals surface area contributed by atoms with E-state index in [0.29, 0.717) is 29.8 Å². The third kappa shape index (κ3) is 3.54. The number of ether oxygens (including phenoxy) is 1. The van der Waals surface area contributed by atoms with E-state index in [1.54, 1.807) is 17.9 Å². The minimum Gasteiger partial charge on any atom is -0.479 e. The van der Waals surface area contributed by atoms with Crippen molar-refractivity contribution < 1.29 is 9.53 Å². The SMILES string of the molecule is COc1nn(C)cc1C(=O)N1CCSC(c2ccccc2Cl)CC1. The maximum absolute atomic E-state index is 12.8. The molecule has 1 atom stereocenters. The van der Waals surface area contributed by atoms with E-state index < -0.39 is 0 Å². The van der Waals surface area contributed by atoms with Crippen molar-refractivity contribution in [3.8, 4) is 5.88 Å². The molecule has 1 fully saturated rings. The first-order valence-electron chi connectivity index (χ1n) is 7.83. The first-order chi connectivity index (χ1) is 11.6. The summed E-state index contributed by atoms with van der Waals surface area (Å²) in [6.45, 7) is 1.41. The maximum Gasteiger partial charge on any atom is 0.261 e. The lowest BCUT2D eigenvalue weighted by atomic mass is 10.1. The molecule has 1 aliphatic rings. The largest absolute Gasteiger partial charge is 0.479 e. The molecular formula is C17H20ClN3O2S. The standard InChI is InChI=1S/C17H20ClN3O2S/c1-20-11-13(16(19-20)23-2)17(22)21-8-7-15(24-10-9-21)12-5-3-4-6-14(12)18/h3-6,11,15H,7-10H2,1-2H3. The summed E-state index contributed by atoms with van der Waals surface area (Å²) < 4.78 is 6.82. The van der Waals surface area contributed by atoms with Crippen LogP contribution in [0.15, 0.2) is 30.5 Å². The second kappa shape index (κ2) is 7.49. The predicted molar refractivity (Wildman–Crippen MR) is 96.9 cm³/mol. The summed E-state index contributed by atoms with van der Waals surface area (Å²) in [4.78, 5) is 14.7. The highest BCUT2D eigenvalue weighted by atomic mass is 35.5. The van der Waals surface area contributed by atoms with E-state index in [9.17, 15) is 4.79 Å². The maximum atomic E-state index is 12.8. The number of aryl methyl sites for hydroxylation is 1. The van der Waals surface area contributed by atoms with Crippen LogP contribution in [0.4, 0.5) is 0 Å². The Hall–Kier alpha value is -1.66. The number of thioether (sulfide) groups is 1. The Morgan fingerprint density at radius 1 is 1.38 bits per heavy atom. The number of amides is 1. The molecule has 1 aromatic carbocycles. The Kier molecular flexibility index (Phi) is 5.36. The van der Waals surface area contributed by atoms with Crippen LogP contribution >= 0.6 is 23.4 Å². The van der Waals surface area contributed by atoms with Gasteiger partial charge in [-0.15, -0.1) is 5.10 Å². The zero-order valence-electron chi connectivity index (χ0n) is 13.7. The van der Waals surface area contributed by atoms with Crippen LogP contribution in [0.25, 0.3) is 0 Å². The average molecular weight is 366 g/mol. The van der Waals surface area contributed by atoms with Gasteiger partial charge in [-0.3, -0.25) is 9.48 Å². The number of nitrogens with zero attached hydrogens (tertiary/aromatic N) is 3. The van der Waals surface area contributed by atoms with Gasteiger partial charge in [0.05, 0.1) is 7.11 Å². The molecule has 0 bridgehead atoms. The van der Waals surface area contributed by atoms with Gasteiger partial charge in [0.25, 0.3) is 5.91 Å². The summed E-state index contributed by atoms with van der Waals surface area (Å²) >= 11 is 8.18. The van der Waals surface area contributed by atoms with Crippen molar-refractivity contribution in [2.75, 3.05) is 26.0 Å². The molecule has 1 amide bonds. The van der Waals surface area contributed by atoms with Crippen molar-refractivity contribution in [1.82, 2.24) is 14.7 Å². The fourth-order valence-electron chi connectivity index (χ4n) is 2.89. The van der Waals surface area contributed by atoms with Crippen LogP contribution in [0.2, 0.25) is 5.02 Å². The van der Waals surface area contributed by atoms with E-state index in [0.717, 1.165) is 22.8 Å². The van der Waals surface area contributed by atoms with Crippen molar-refractivity contribution in [3.63, 3.8) is 0 Å². The lowest BCUT2D eigenvalue weighted by molar-refractivity contribution is 0.0763. The summed E-state index contributed by atoms with van der Waals surface area (Å²) in [6.07, 6.45) is 2.59. The van der Waals surface area contributed by atoms with Crippen LogP contribution in [0.1, 0.15) is 27.6 Å². The number of methoxy groups -OCH3 is 1. The van der Waals surface area contributed by atoms with Crippen LogP contribution < -0.4 is 4.74 Å². The molecule has 0 N–H and O–H groups in total. The molecule has 3 rings (SSSR count). The highest BCUT2D eigenvalue weighted by Gasteiger charge is 2.26. The first-order valence-corrected chi connectivity index (χ1v) is 9.25. The van der Waals surface area contributed by atoms with E-state index in [2.05, 4.69) is 11.2 Å². The second-order valence-corrected chi connectivity index (χ2v) is 7.41. The van der Waals surface area contributed by atoms with Gasteiger partial charge in [-0.05, 0) is 18.1 Å². The molecule has 128 valence electrons. The molecule has 0 radical (unpaired) electrons. The molecule has 0 aliphatic carbocycles. The van der Waals surface area contributed by atoms with Gasteiger partial charge in [0, 0.05) is 42.4 Å². The van der Waals surface area contributed by atoms with Crippen LogP contribution in [0, 0.1) is 0 Å². The molecule has 24 heavy (non-hydrogen) atoms. The third-order valence-electron chi connectivity index (χ3n) is 4.10. The summed E-state index contributed by atoms with van der Waals surface area (Å²) in [5, 5.41) is 5.27. The first kappa shape index (κ1) is 17.2. The van der Waals surface area contributed by atoms with Gasteiger partial charge in [-0.25, -0.2) is 0 Å². The summed E-state index contributed by atoms with van der Waals surface area (Å²) in [5.41, 5.74) is 1.67. The van der Waals surface area contributed by atoms with Gasteiger partial charge in [0.2, 0.25) is 5.88 Å². The molecule has 0 spiro atoms. The van der Waals surface area contributed by atoms with Crippen LogP contribution in [0.3, 0.4) is 0 Å². The van der Waals surface area contributed by atoms with Gasteiger partial charge in [-0.2, -0.15) is 11.8 Å². The number of carbonyl (C=O) groups is 1. The quantitative estimate of drug-likeness (QED) is 0.836. The Bertz CT molecular complexity index is 734. The van der Waals surface area contributed by atoms with E-state index >= 15 is 0 Å². The smallest absolute Gasteiger partial charge is 0.261 e. The van der Waals surface area contributed by atoms with Crippen molar-refractivity contribution in [2.45, 2.75) is 11.7 Å². The Morgan fingerprint density at radius 2 is 2.17 bits per heavy atom. The van der Waals surface area contributed by atoms with Crippen LogP contribution in [-0.4, -0.2) is 46.5 Å². The third-order valence-corrected chi connectivity index (χ3v) is 5.75. The van der Waals surface area contributed by atoms with Crippen molar-refractivity contribution >= 4 is 29.3 Å². The average Bonchev–Trinajstić information content (AvgIpc) is 2.80. The van der Waals surface area contributed by atoms with Crippen molar-refractivity contribution in [3.05, 3.63) is 46.6 Å². The molecule has 2 aromatic rings. The number of rotatable bonds is 3. The minimum atomic E-state index is -0.0274. The number of aromatic nitrogens is 2. The van der Waals surface area contributed by atoms with E-state index in [1.165, 1.54) is 7.11 Å². The molecule has 1 saturated heterocycles. The number of carbonyl (C=O) groups excluding carboxylic acids is 1. The molecule has 0 saturated carbocycles. The summed E-state index contributed by atoms with van der Waals surface area (Å²) in [5.74, 6) is 1.23. The van der Waals surface area contributed by atoms with E-state index in [1.807, 2.05) is 34.9 Å². The zero-order valence-corrected chi connectivity index (χ0v) is 15.3. The Balaban J connectivity index is 1.73. The Labute approximate surface area is 150 Å². The fraction of sp³-hybridized carbons (Fsp3) is 0.412. The van der Waals surface area contributed by atoms with Gasteiger partial charge >= 0.3 is 0 Å². The molecule has 7 heteroatoms. The van der Waals surface area contributed by atoms with Crippen molar-refractivity contribution in [1.29, 1.82) is 0 Å². The second-order valence-electron chi connectivity index (χ2n) is 5.69. The molecular weight excluding hydrogens is 346 g/mol.